The Labute approximate surface area is 119 Å². The summed E-state index contributed by atoms with van der Waals surface area (Å²) in [6.07, 6.45) is 1.72. The van der Waals surface area contributed by atoms with E-state index < -0.39 is 0 Å². The van der Waals surface area contributed by atoms with Crippen LogP contribution in [0, 0.1) is 0 Å². The Bertz CT molecular complexity index is 433. The molecule has 1 aromatic heterocycles. The van der Waals surface area contributed by atoms with Crippen molar-refractivity contribution in [3.8, 4) is 5.75 Å². The summed E-state index contributed by atoms with van der Waals surface area (Å²) in [7, 11) is 0. The molecule has 1 aliphatic rings. The van der Waals surface area contributed by atoms with E-state index >= 15 is 0 Å². The van der Waals surface area contributed by atoms with Gasteiger partial charge in [-0.3, -0.25) is 4.98 Å². The molecule has 2 N–H and O–H groups in total. The molecule has 1 fully saturated rings. The maximum atomic E-state index is 11.3. The van der Waals surface area contributed by atoms with Crippen LogP contribution in [0.5, 0.6) is 5.75 Å². The number of hydrogen-bond donors (Lipinski definition) is 2. The van der Waals surface area contributed by atoms with E-state index in [0.29, 0.717) is 19.2 Å². The fourth-order valence-corrected chi connectivity index (χ4v) is 1.91. The van der Waals surface area contributed by atoms with Gasteiger partial charge in [-0.2, -0.15) is 0 Å². The predicted molar refractivity (Wildman–Crippen MR) is 76.7 cm³/mol. The average molecular weight is 278 g/mol. The number of carbonyl (C=O) groups excluding carboxylic acids is 1. The number of hydrogen-bond acceptors (Lipinski definition) is 4. The topological polar surface area (TPSA) is 66.5 Å². The van der Waals surface area contributed by atoms with Crippen LogP contribution >= 0.6 is 0 Å². The van der Waals surface area contributed by atoms with Crippen LogP contribution in [-0.2, 0) is 6.54 Å². The molecule has 2 heterocycles. The minimum atomic E-state index is -0.0122. The summed E-state index contributed by atoms with van der Waals surface area (Å²) in [6, 6.07) is 4.29. The second-order valence-electron chi connectivity index (χ2n) is 5.09. The van der Waals surface area contributed by atoms with E-state index in [1.807, 2.05) is 12.1 Å². The van der Waals surface area contributed by atoms with Crippen LogP contribution < -0.4 is 15.4 Å². The predicted octanol–water partition coefficient (Wildman–Crippen LogP) is 0.984. The van der Waals surface area contributed by atoms with Gasteiger partial charge in [0, 0.05) is 25.7 Å². The van der Waals surface area contributed by atoms with Gasteiger partial charge in [0.1, 0.15) is 12.4 Å². The molecule has 6 heteroatoms. The number of ether oxygens (including phenoxy) is 1. The molecular weight excluding hydrogens is 256 g/mol. The van der Waals surface area contributed by atoms with E-state index in [1.165, 1.54) is 0 Å². The van der Waals surface area contributed by atoms with E-state index in [1.54, 1.807) is 11.1 Å². The van der Waals surface area contributed by atoms with Crippen LogP contribution in [-0.4, -0.2) is 48.2 Å². The van der Waals surface area contributed by atoms with Crippen molar-refractivity contribution < 1.29 is 9.53 Å². The van der Waals surface area contributed by atoms with Crippen molar-refractivity contribution >= 4 is 6.03 Å². The standard InChI is InChI=1S/C14H22N4O2/c1-11(2)16-9-12-3-4-13(10-17-12)20-8-7-18-6-5-15-14(18)19/h3-4,10-11,16H,5-9H2,1-2H3,(H,15,19). The summed E-state index contributed by atoms with van der Waals surface area (Å²) in [6.45, 7) is 7.52. The highest BCUT2D eigenvalue weighted by Gasteiger charge is 2.18. The van der Waals surface area contributed by atoms with Crippen molar-refractivity contribution in [3.05, 3.63) is 24.0 Å². The summed E-state index contributed by atoms with van der Waals surface area (Å²) in [5.74, 6) is 0.734. The van der Waals surface area contributed by atoms with Gasteiger partial charge >= 0.3 is 6.03 Å². The Morgan fingerprint density at radius 3 is 2.95 bits per heavy atom. The fourth-order valence-electron chi connectivity index (χ4n) is 1.91. The Hall–Kier alpha value is -1.82. The smallest absolute Gasteiger partial charge is 0.317 e. The summed E-state index contributed by atoms with van der Waals surface area (Å²) in [5.41, 5.74) is 0.991. The molecular formula is C14H22N4O2. The SMILES string of the molecule is CC(C)NCc1ccc(OCCN2CCNC2=O)cn1. The quantitative estimate of drug-likeness (QED) is 0.780. The molecule has 20 heavy (non-hydrogen) atoms. The second kappa shape index (κ2) is 7.09. The molecule has 2 rings (SSSR count). The number of nitrogens with one attached hydrogen (secondary N) is 2. The molecule has 1 aliphatic heterocycles. The monoisotopic (exact) mass is 278 g/mol. The van der Waals surface area contributed by atoms with E-state index in [0.717, 1.165) is 31.1 Å². The van der Waals surface area contributed by atoms with E-state index in [9.17, 15) is 4.79 Å². The molecule has 2 amide bonds. The number of urea groups is 1. The van der Waals surface area contributed by atoms with E-state index in [-0.39, 0.29) is 6.03 Å². The third-order valence-corrected chi connectivity index (χ3v) is 3.06. The van der Waals surface area contributed by atoms with Gasteiger partial charge in [-0.25, -0.2) is 4.79 Å². The summed E-state index contributed by atoms with van der Waals surface area (Å²) in [4.78, 5) is 17.4. The Balaban J connectivity index is 1.72. The molecule has 0 atom stereocenters. The molecule has 0 radical (unpaired) electrons. The van der Waals surface area contributed by atoms with Gasteiger partial charge in [0.15, 0.2) is 0 Å². The van der Waals surface area contributed by atoms with E-state index in [4.69, 9.17) is 4.74 Å². The number of rotatable bonds is 7. The van der Waals surface area contributed by atoms with Crippen molar-refractivity contribution in [1.82, 2.24) is 20.5 Å². The zero-order valence-electron chi connectivity index (χ0n) is 12.1. The molecule has 0 spiro atoms. The summed E-state index contributed by atoms with van der Waals surface area (Å²) >= 11 is 0. The molecule has 0 bridgehead atoms. The van der Waals surface area contributed by atoms with Gasteiger partial charge in [-0.15, -0.1) is 0 Å². The third kappa shape index (κ3) is 4.38. The summed E-state index contributed by atoms with van der Waals surface area (Å²) in [5, 5.41) is 6.07. The van der Waals surface area contributed by atoms with Gasteiger partial charge in [-0.1, -0.05) is 13.8 Å². The number of aromatic nitrogens is 1. The summed E-state index contributed by atoms with van der Waals surface area (Å²) < 4.78 is 5.59. The first-order chi connectivity index (χ1) is 9.65. The first kappa shape index (κ1) is 14.6. The maximum Gasteiger partial charge on any atom is 0.317 e. The maximum absolute atomic E-state index is 11.3. The molecule has 0 aliphatic carbocycles. The molecule has 0 aromatic carbocycles. The first-order valence-electron chi connectivity index (χ1n) is 6.99. The second-order valence-corrected chi connectivity index (χ2v) is 5.09. The highest BCUT2D eigenvalue weighted by atomic mass is 16.5. The minimum absolute atomic E-state index is 0.0122. The lowest BCUT2D eigenvalue weighted by atomic mass is 10.3. The molecule has 0 saturated carbocycles. The molecule has 1 aromatic rings. The Kier molecular flexibility index (Phi) is 5.17. The minimum Gasteiger partial charge on any atom is -0.490 e. The number of pyridine rings is 1. The molecule has 0 unspecified atom stereocenters. The van der Waals surface area contributed by atoms with Crippen molar-refractivity contribution in [3.63, 3.8) is 0 Å². The number of carbonyl (C=O) groups is 1. The molecule has 110 valence electrons. The number of amides is 2. The molecule has 6 nitrogen and oxygen atoms in total. The average Bonchev–Trinajstić information content (AvgIpc) is 2.83. The third-order valence-electron chi connectivity index (χ3n) is 3.06. The van der Waals surface area contributed by atoms with Crippen LogP contribution in [0.25, 0.3) is 0 Å². The first-order valence-corrected chi connectivity index (χ1v) is 6.99. The normalized spacial score (nSPS) is 14.8. The van der Waals surface area contributed by atoms with E-state index in [2.05, 4.69) is 29.5 Å². The highest BCUT2D eigenvalue weighted by Crippen LogP contribution is 2.09. The van der Waals surface area contributed by atoms with Crippen molar-refractivity contribution in [1.29, 1.82) is 0 Å². The van der Waals surface area contributed by atoms with Crippen LogP contribution in [0.2, 0.25) is 0 Å². The van der Waals surface area contributed by atoms with Crippen LogP contribution in [0.4, 0.5) is 4.79 Å². The van der Waals surface area contributed by atoms with Gasteiger partial charge in [0.25, 0.3) is 0 Å². The lowest BCUT2D eigenvalue weighted by Gasteiger charge is -2.14. The molecule has 1 saturated heterocycles. The van der Waals surface area contributed by atoms with Gasteiger partial charge in [0.05, 0.1) is 18.4 Å². The van der Waals surface area contributed by atoms with Crippen LogP contribution in [0.1, 0.15) is 19.5 Å². The highest BCUT2D eigenvalue weighted by molar-refractivity contribution is 5.76. The Morgan fingerprint density at radius 1 is 1.50 bits per heavy atom. The largest absolute Gasteiger partial charge is 0.490 e. The lowest BCUT2D eigenvalue weighted by molar-refractivity contribution is 0.202. The van der Waals surface area contributed by atoms with Crippen molar-refractivity contribution in [2.75, 3.05) is 26.2 Å². The van der Waals surface area contributed by atoms with Gasteiger partial charge in [0.2, 0.25) is 0 Å². The fraction of sp³-hybridized carbons (Fsp3) is 0.571. The Morgan fingerprint density at radius 2 is 2.35 bits per heavy atom. The van der Waals surface area contributed by atoms with Crippen molar-refractivity contribution in [2.24, 2.45) is 0 Å². The lowest BCUT2D eigenvalue weighted by Crippen LogP contribution is -2.31. The zero-order valence-corrected chi connectivity index (χ0v) is 12.1. The van der Waals surface area contributed by atoms with Gasteiger partial charge < -0.3 is 20.3 Å². The van der Waals surface area contributed by atoms with Crippen molar-refractivity contribution in [2.45, 2.75) is 26.4 Å². The zero-order chi connectivity index (χ0) is 14.4. The van der Waals surface area contributed by atoms with Gasteiger partial charge in [-0.05, 0) is 12.1 Å². The van der Waals surface area contributed by atoms with Crippen LogP contribution in [0.3, 0.4) is 0 Å². The van der Waals surface area contributed by atoms with Crippen LogP contribution in [0.15, 0.2) is 18.3 Å². The number of nitrogens with zero attached hydrogens (tertiary/aromatic N) is 2.